The summed E-state index contributed by atoms with van der Waals surface area (Å²) in [6.07, 6.45) is 2.10. The van der Waals surface area contributed by atoms with Gasteiger partial charge in [-0.1, -0.05) is 26.0 Å². The van der Waals surface area contributed by atoms with Crippen molar-refractivity contribution in [2.75, 3.05) is 20.8 Å². The molecule has 0 aromatic rings. The summed E-state index contributed by atoms with van der Waals surface area (Å²) in [6, 6.07) is 0. The van der Waals surface area contributed by atoms with Gasteiger partial charge in [-0.25, -0.2) is 4.79 Å². The summed E-state index contributed by atoms with van der Waals surface area (Å²) in [6.45, 7) is 9.38. The van der Waals surface area contributed by atoms with Crippen LogP contribution in [-0.4, -0.2) is 73.9 Å². The normalized spacial score (nSPS) is 29.3. The lowest BCUT2D eigenvalue weighted by molar-refractivity contribution is -0.120. The summed E-state index contributed by atoms with van der Waals surface area (Å²) >= 11 is 0. The van der Waals surface area contributed by atoms with Crippen LogP contribution < -0.4 is 16.4 Å². The molecule has 5 N–H and O–H groups in total. The highest BCUT2D eigenvalue weighted by atomic mass is 16.6. The number of carbonyl (C=O) groups is 4. The number of carbonyl (C=O) groups excluding carboxylic acids is 4. The molecule has 0 aromatic carbocycles. The SMILES string of the molecule is CCNC1=C2CC(C)CC(OC)C(O)C(C)C=C(C)C(OC(N)=O)C(OC)CCC=C(C)C(=O)NC(=CC1=O)C2=O. The topological polar surface area (TPSA) is 166 Å². The van der Waals surface area contributed by atoms with E-state index in [4.69, 9.17) is 19.9 Å². The number of likely N-dealkylation sites (N-methyl/N-ethyl adjacent to an activating group) is 1. The highest BCUT2D eigenvalue weighted by Gasteiger charge is 2.33. The maximum atomic E-state index is 13.5. The van der Waals surface area contributed by atoms with Crippen LogP contribution in [0.15, 0.2) is 46.3 Å². The fourth-order valence-electron chi connectivity index (χ4n) is 5.26. The molecule has 0 saturated heterocycles. The van der Waals surface area contributed by atoms with Crippen LogP contribution in [0.25, 0.3) is 0 Å². The number of nitrogens with one attached hydrogen (secondary N) is 2. The molecule has 0 aromatic heterocycles. The van der Waals surface area contributed by atoms with E-state index in [0.717, 1.165) is 6.08 Å². The molecule has 1 heterocycles. The third-order valence-corrected chi connectivity index (χ3v) is 7.47. The highest BCUT2D eigenvalue weighted by molar-refractivity contribution is 6.23. The predicted molar refractivity (Wildman–Crippen MR) is 153 cm³/mol. The Morgan fingerprint density at radius 3 is 2.39 bits per heavy atom. The number of hydrogen-bond donors (Lipinski definition) is 4. The van der Waals surface area contributed by atoms with E-state index in [0.29, 0.717) is 37.0 Å². The Labute approximate surface area is 242 Å². The lowest BCUT2D eigenvalue weighted by Gasteiger charge is -2.30. The zero-order valence-electron chi connectivity index (χ0n) is 25.1. The summed E-state index contributed by atoms with van der Waals surface area (Å²) in [5.74, 6) is -1.91. The van der Waals surface area contributed by atoms with Crippen LogP contribution in [0, 0.1) is 11.8 Å². The van der Waals surface area contributed by atoms with Crippen molar-refractivity contribution in [1.29, 1.82) is 0 Å². The first-order chi connectivity index (χ1) is 19.3. The number of nitrogens with two attached hydrogens (primary N) is 1. The third kappa shape index (κ3) is 9.11. The molecule has 0 saturated carbocycles. The average molecular weight is 576 g/mol. The van der Waals surface area contributed by atoms with Crippen LogP contribution >= 0.6 is 0 Å². The zero-order valence-corrected chi connectivity index (χ0v) is 25.1. The minimum Gasteiger partial charge on any atom is -0.439 e. The Balaban J connectivity index is 2.56. The van der Waals surface area contributed by atoms with Crippen LogP contribution in [-0.2, 0) is 28.6 Å². The first-order valence-electron chi connectivity index (χ1n) is 14.0. The third-order valence-electron chi connectivity index (χ3n) is 7.47. The molecule has 2 amide bonds. The Morgan fingerprint density at radius 1 is 1.15 bits per heavy atom. The van der Waals surface area contributed by atoms with Gasteiger partial charge in [0.15, 0.2) is 6.10 Å². The fraction of sp³-hybridized carbons (Fsp3) is 0.600. The zero-order chi connectivity index (χ0) is 30.9. The van der Waals surface area contributed by atoms with Gasteiger partial charge in [0.05, 0.1) is 29.7 Å². The number of Topliss-reactive ketones (excluding diaryl/α,β-unsaturated/α-hetero) is 1. The van der Waals surface area contributed by atoms with Gasteiger partial charge < -0.3 is 35.7 Å². The van der Waals surface area contributed by atoms with Gasteiger partial charge >= 0.3 is 6.09 Å². The van der Waals surface area contributed by atoms with Gasteiger partial charge in [-0.2, -0.15) is 0 Å². The molecule has 0 spiro atoms. The molecule has 2 bridgehead atoms. The molecule has 11 nitrogen and oxygen atoms in total. The summed E-state index contributed by atoms with van der Waals surface area (Å²) < 4.78 is 16.7. The minimum absolute atomic E-state index is 0.0871. The summed E-state index contributed by atoms with van der Waals surface area (Å²) in [7, 11) is 2.99. The smallest absolute Gasteiger partial charge is 0.405 e. The molecule has 11 heteroatoms. The summed E-state index contributed by atoms with van der Waals surface area (Å²) in [5.41, 5.74) is 6.76. The van der Waals surface area contributed by atoms with Crippen molar-refractivity contribution in [2.24, 2.45) is 17.6 Å². The Morgan fingerprint density at radius 2 is 1.80 bits per heavy atom. The molecule has 1 aliphatic carbocycles. The Kier molecular flexibility index (Phi) is 12.9. The van der Waals surface area contributed by atoms with E-state index in [1.54, 1.807) is 26.0 Å². The molecule has 41 heavy (non-hydrogen) atoms. The molecule has 0 radical (unpaired) electrons. The van der Waals surface area contributed by atoms with Crippen molar-refractivity contribution < 1.29 is 38.5 Å². The Hall–Kier alpha value is -3.28. The lowest BCUT2D eigenvalue weighted by Crippen LogP contribution is -2.38. The standard InChI is InChI=1S/C30H45N3O8/c1-8-32-25-20-12-16(2)13-24(40-7)26(35)18(4)14-19(5)28(41-30(31)38)23(39-6)11-9-10-17(3)29(37)33-21(27(20)36)15-22(25)34/h10,14-16,18,23-24,26,28,32,35H,8-9,11-13H2,1-7H3,(H2,31,38)(H,33,37). The lowest BCUT2D eigenvalue weighted by atomic mass is 9.85. The van der Waals surface area contributed by atoms with E-state index in [2.05, 4.69) is 10.6 Å². The van der Waals surface area contributed by atoms with E-state index in [9.17, 15) is 24.3 Å². The van der Waals surface area contributed by atoms with Crippen LogP contribution in [0.2, 0.25) is 0 Å². The monoisotopic (exact) mass is 575 g/mol. The fourth-order valence-corrected chi connectivity index (χ4v) is 5.26. The molecule has 2 rings (SSSR count). The van der Waals surface area contributed by atoms with E-state index in [-0.39, 0.29) is 29.3 Å². The molecular weight excluding hydrogens is 530 g/mol. The molecule has 6 unspecified atom stereocenters. The Bertz CT molecular complexity index is 1120. The van der Waals surface area contributed by atoms with Crippen molar-refractivity contribution in [3.63, 3.8) is 0 Å². The number of fused-ring (bicyclic) bond motifs is 2. The van der Waals surface area contributed by atoms with E-state index in [1.165, 1.54) is 14.2 Å². The van der Waals surface area contributed by atoms with Crippen molar-refractivity contribution in [3.8, 4) is 0 Å². The number of amides is 2. The second-order valence-corrected chi connectivity index (χ2v) is 10.8. The van der Waals surface area contributed by atoms with Gasteiger partial charge in [-0.3, -0.25) is 14.4 Å². The second kappa shape index (κ2) is 15.6. The molecule has 2 aliphatic rings. The van der Waals surface area contributed by atoms with Crippen molar-refractivity contribution in [2.45, 2.75) is 84.7 Å². The molecule has 0 fully saturated rings. The number of hydrogen-bond acceptors (Lipinski definition) is 9. The van der Waals surface area contributed by atoms with E-state index in [1.807, 2.05) is 20.8 Å². The van der Waals surface area contributed by atoms with Crippen LogP contribution in [0.1, 0.15) is 60.3 Å². The van der Waals surface area contributed by atoms with Gasteiger partial charge in [0, 0.05) is 43.9 Å². The van der Waals surface area contributed by atoms with E-state index >= 15 is 0 Å². The number of methoxy groups -OCH3 is 2. The number of allylic oxidation sites excluding steroid dienone is 3. The molecular formula is C30H45N3O8. The number of aliphatic hydroxyl groups is 1. The second-order valence-electron chi connectivity index (χ2n) is 10.8. The molecule has 1 aliphatic heterocycles. The largest absolute Gasteiger partial charge is 0.439 e. The van der Waals surface area contributed by atoms with Crippen LogP contribution in [0.5, 0.6) is 0 Å². The van der Waals surface area contributed by atoms with Crippen molar-refractivity contribution in [1.82, 2.24) is 10.6 Å². The van der Waals surface area contributed by atoms with Crippen molar-refractivity contribution in [3.05, 3.63) is 46.3 Å². The number of primary amides is 1. The van der Waals surface area contributed by atoms with Gasteiger partial charge in [-0.05, 0) is 57.9 Å². The first kappa shape index (κ1) is 33.9. The quantitative estimate of drug-likeness (QED) is 0.285. The maximum Gasteiger partial charge on any atom is 0.405 e. The van der Waals surface area contributed by atoms with Gasteiger partial charge in [0.2, 0.25) is 11.6 Å². The number of aliphatic hydroxyl groups excluding tert-OH is 1. The van der Waals surface area contributed by atoms with Crippen LogP contribution in [0.3, 0.4) is 0 Å². The molecule has 228 valence electrons. The number of ether oxygens (including phenoxy) is 3. The van der Waals surface area contributed by atoms with E-state index < -0.39 is 53.9 Å². The highest BCUT2D eigenvalue weighted by Crippen LogP contribution is 2.29. The first-order valence-corrected chi connectivity index (χ1v) is 14.0. The average Bonchev–Trinajstić information content (AvgIpc) is 2.92. The predicted octanol–water partition coefficient (Wildman–Crippen LogP) is 2.60. The molecule has 6 atom stereocenters. The van der Waals surface area contributed by atoms with Gasteiger partial charge in [0.1, 0.15) is 0 Å². The van der Waals surface area contributed by atoms with Gasteiger partial charge in [0.25, 0.3) is 5.91 Å². The van der Waals surface area contributed by atoms with Crippen LogP contribution in [0.4, 0.5) is 4.79 Å². The maximum absolute atomic E-state index is 13.5. The minimum atomic E-state index is -0.962. The number of rotatable bonds is 5. The number of ketones is 2. The summed E-state index contributed by atoms with van der Waals surface area (Å²) in [5, 5.41) is 16.8. The summed E-state index contributed by atoms with van der Waals surface area (Å²) in [4.78, 5) is 51.2. The van der Waals surface area contributed by atoms with Gasteiger partial charge in [-0.15, -0.1) is 0 Å². The van der Waals surface area contributed by atoms with Crippen molar-refractivity contribution >= 4 is 23.6 Å².